The van der Waals surface area contributed by atoms with Crippen molar-refractivity contribution in [2.75, 3.05) is 13.2 Å². The highest BCUT2D eigenvalue weighted by Crippen LogP contribution is 2.26. The topological polar surface area (TPSA) is 58.6 Å². The van der Waals surface area contributed by atoms with E-state index in [1.54, 1.807) is 25.1 Å². The molecule has 0 bridgehead atoms. The van der Waals surface area contributed by atoms with Crippen molar-refractivity contribution < 1.29 is 14.3 Å². The van der Waals surface area contributed by atoms with E-state index in [4.69, 9.17) is 27.9 Å². The molecule has 0 saturated heterocycles. The van der Waals surface area contributed by atoms with Crippen LogP contribution in [0.5, 0.6) is 5.75 Å². The molecule has 2 aromatic carbocycles. The molecule has 0 aliphatic rings. The number of halogens is 2. The zero-order chi connectivity index (χ0) is 21.6. The van der Waals surface area contributed by atoms with Gasteiger partial charge in [0.25, 0.3) is 5.91 Å². The van der Waals surface area contributed by atoms with E-state index < -0.39 is 6.04 Å². The van der Waals surface area contributed by atoms with E-state index in [0.29, 0.717) is 27.9 Å². The third-order valence-electron chi connectivity index (χ3n) is 4.47. The summed E-state index contributed by atoms with van der Waals surface area (Å²) in [4.78, 5) is 26.8. The Bertz CT molecular complexity index is 846. The molecule has 0 aromatic heterocycles. The van der Waals surface area contributed by atoms with Crippen LogP contribution in [0.15, 0.2) is 36.4 Å². The van der Waals surface area contributed by atoms with Crippen molar-refractivity contribution in [2.24, 2.45) is 0 Å². The maximum absolute atomic E-state index is 13.0. The fourth-order valence-corrected chi connectivity index (χ4v) is 3.52. The maximum atomic E-state index is 13.0. The minimum atomic E-state index is -0.711. The fraction of sp³-hybridized carbons (Fsp3) is 0.364. The first-order valence-electron chi connectivity index (χ1n) is 9.44. The smallest absolute Gasteiger partial charge is 0.261 e. The van der Waals surface area contributed by atoms with Gasteiger partial charge in [0.15, 0.2) is 6.61 Å². The highest BCUT2D eigenvalue weighted by atomic mass is 35.5. The average molecular weight is 437 g/mol. The molecular weight excluding hydrogens is 411 g/mol. The molecule has 7 heteroatoms. The molecule has 0 aliphatic carbocycles. The van der Waals surface area contributed by atoms with Crippen molar-refractivity contribution in [3.05, 3.63) is 63.1 Å². The van der Waals surface area contributed by atoms with Gasteiger partial charge in [-0.15, -0.1) is 0 Å². The minimum Gasteiger partial charge on any atom is -0.484 e. The molecule has 2 rings (SSSR count). The molecule has 0 aliphatic heterocycles. The van der Waals surface area contributed by atoms with E-state index in [0.717, 1.165) is 11.1 Å². The molecule has 0 saturated carbocycles. The second kappa shape index (κ2) is 10.5. The number of aryl methyl sites for hydroxylation is 2. The van der Waals surface area contributed by atoms with Crippen LogP contribution in [0.3, 0.4) is 0 Å². The molecule has 1 N–H and O–H groups in total. The highest BCUT2D eigenvalue weighted by Gasteiger charge is 2.27. The van der Waals surface area contributed by atoms with Crippen molar-refractivity contribution >= 4 is 35.0 Å². The van der Waals surface area contributed by atoms with Crippen LogP contribution in [-0.4, -0.2) is 35.9 Å². The molecule has 0 unspecified atom stereocenters. The summed E-state index contributed by atoms with van der Waals surface area (Å²) in [6.07, 6.45) is 0. The van der Waals surface area contributed by atoms with Crippen LogP contribution in [0.1, 0.15) is 30.5 Å². The Balaban J connectivity index is 2.23. The van der Waals surface area contributed by atoms with Gasteiger partial charge in [-0.2, -0.15) is 0 Å². The Kier molecular flexibility index (Phi) is 8.35. The lowest BCUT2D eigenvalue weighted by Gasteiger charge is -2.29. The molecule has 0 spiro atoms. The van der Waals surface area contributed by atoms with E-state index >= 15 is 0 Å². The number of hydrogen-bond acceptors (Lipinski definition) is 3. The van der Waals surface area contributed by atoms with Crippen LogP contribution in [0, 0.1) is 13.8 Å². The number of benzene rings is 2. The number of rotatable bonds is 8. The van der Waals surface area contributed by atoms with Crippen LogP contribution >= 0.6 is 23.2 Å². The van der Waals surface area contributed by atoms with Gasteiger partial charge >= 0.3 is 0 Å². The average Bonchev–Trinajstić information content (AvgIpc) is 2.65. The Morgan fingerprint density at radius 1 is 1.10 bits per heavy atom. The van der Waals surface area contributed by atoms with Gasteiger partial charge in [0.2, 0.25) is 5.91 Å². The van der Waals surface area contributed by atoms with E-state index in [1.807, 2.05) is 39.0 Å². The zero-order valence-electron chi connectivity index (χ0n) is 17.1. The largest absolute Gasteiger partial charge is 0.484 e. The number of likely N-dealkylation sites (N-methyl/N-ethyl adjacent to an activating group) is 1. The van der Waals surface area contributed by atoms with Gasteiger partial charge in [-0.25, -0.2) is 0 Å². The van der Waals surface area contributed by atoms with Crippen molar-refractivity contribution in [2.45, 2.75) is 40.3 Å². The summed E-state index contributed by atoms with van der Waals surface area (Å²) < 4.78 is 5.71. The van der Waals surface area contributed by atoms with E-state index in [9.17, 15) is 9.59 Å². The van der Waals surface area contributed by atoms with Crippen molar-refractivity contribution in [1.29, 1.82) is 0 Å². The monoisotopic (exact) mass is 436 g/mol. The van der Waals surface area contributed by atoms with Gasteiger partial charge in [0.05, 0.1) is 0 Å². The second-order valence-electron chi connectivity index (χ2n) is 6.90. The third-order valence-corrected chi connectivity index (χ3v) is 5.17. The van der Waals surface area contributed by atoms with Gasteiger partial charge in [-0.3, -0.25) is 9.59 Å². The summed E-state index contributed by atoms with van der Waals surface area (Å²) in [5.41, 5.74) is 2.68. The number of ether oxygens (including phenoxy) is 1. The van der Waals surface area contributed by atoms with Gasteiger partial charge in [-0.1, -0.05) is 35.3 Å². The summed E-state index contributed by atoms with van der Waals surface area (Å²) in [6.45, 7) is 7.79. The SMILES string of the molecule is CCNC(=O)[C@@H](C)N(Cc1c(Cl)cccc1Cl)C(=O)COc1cc(C)cc(C)c1. The van der Waals surface area contributed by atoms with E-state index in [1.165, 1.54) is 4.90 Å². The molecule has 0 heterocycles. The number of carbonyl (C=O) groups is 2. The Hall–Kier alpha value is -2.24. The summed E-state index contributed by atoms with van der Waals surface area (Å²) in [5, 5.41) is 3.62. The Morgan fingerprint density at radius 2 is 1.69 bits per heavy atom. The standard InChI is InChI=1S/C22H26Cl2N2O3/c1-5-25-22(28)16(4)26(12-18-19(23)7-6-8-20(18)24)21(27)13-29-17-10-14(2)9-15(3)11-17/h6-11,16H,5,12-13H2,1-4H3,(H,25,28)/t16-/m1/s1. The molecule has 0 radical (unpaired) electrons. The second-order valence-corrected chi connectivity index (χ2v) is 7.72. The predicted octanol–water partition coefficient (Wildman–Crippen LogP) is 4.54. The summed E-state index contributed by atoms with van der Waals surface area (Å²) in [5.74, 6) is 0.0200. The number of hydrogen-bond donors (Lipinski definition) is 1. The summed E-state index contributed by atoms with van der Waals surface area (Å²) in [6, 6.07) is 10.2. The lowest BCUT2D eigenvalue weighted by atomic mass is 10.1. The van der Waals surface area contributed by atoms with Crippen LogP contribution in [-0.2, 0) is 16.1 Å². The third kappa shape index (κ3) is 6.38. The summed E-state index contributed by atoms with van der Waals surface area (Å²) in [7, 11) is 0. The molecule has 2 aromatic rings. The lowest BCUT2D eigenvalue weighted by Crippen LogP contribution is -2.49. The predicted molar refractivity (Wildman–Crippen MR) is 117 cm³/mol. The van der Waals surface area contributed by atoms with Crippen LogP contribution in [0.2, 0.25) is 10.0 Å². The molecule has 2 amide bonds. The number of carbonyl (C=O) groups excluding carboxylic acids is 2. The Morgan fingerprint density at radius 3 is 2.24 bits per heavy atom. The van der Waals surface area contributed by atoms with E-state index in [-0.39, 0.29) is 25.0 Å². The number of amides is 2. The normalized spacial score (nSPS) is 11.7. The van der Waals surface area contributed by atoms with Crippen LogP contribution in [0.4, 0.5) is 0 Å². The van der Waals surface area contributed by atoms with Crippen molar-refractivity contribution in [3.63, 3.8) is 0 Å². The Labute approximate surface area is 181 Å². The van der Waals surface area contributed by atoms with Crippen molar-refractivity contribution in [3.8, 4) is 5.75 Å². The molecule has 156 valence electrons. The first-order chi connectivity index (χ1) is 13.7. The highest BCUT2D eigenvalue weighted by molar-refractivity contribution is 6.36. The first-order valence-corrected chi connectivity index (χ1v) is 10.2. The molecule has 1 atom stereocenters. The first kappa shape index (κ1) is 23.0. The zero-order valence-corrected chi connectivity index (χ0v) is 18.6. The van der Waals surface area contributed by atoms with Gasteiger partial charge in [-0.05, 0) is 63.1 Å². The minimum absolute atomic E-state index is 0.103. The molecule has 5 nitrogen and oxygen atoms in total. The lowest BCUT2D eigenvalue weighted by molar-refractivity contribution is -0.142. The van der Waals surface area contributed by atoms with Gasteiger partial charge in [0, 0.05) is 28.7 Å². The fourth-order valence-electron chi connectivity index (χ4n) is 3.00. The molecule has 29 heavy (non-hydrogen) atoms. The van der Waals surface area contributed by atoms with Gasteiger partial charge in [0.1, 0.15) is 11.8 Å². The summed E-state index contributed by atoms with van der Waals surface area (Å²) >= 11 is 12.6. The molecule has 0 fully saturated rings. The van der Waals surface area contributed by atoms with Gasteiger partial charge < -0.3 is 15.0 Å². The quantitative estimate of drug-likeness (QED) is 0.660. The number of nitrogens with zero attached hydrogens (tertiary/aromatic N) is 1. The number of nitrogens with one attached hydrogen (secondary N) is 1. The van der Waals surface area contributed by atoms with Crippen LogP contribution < -0.4 is 10.1 Å². The van der Waals surface area contributed by atoms with E-state index in [2.05, 4.69) is 5.32 Å². The maximum Gasteiger partial charge on any atom is 0.261 e. The van der Waals surface area contributed by atoms with Crippen LogP contribution in [0.25, 0.3) is 0 Å². The van der Waals surface area contributed by atoms with Crippen molar-refractivity contribution in [1.82, 2.24) is 10.2 Å². The molecular formula is C22H26Cl2N2O3.